The van der Waals surface area contributed by atoms with Gasteiger partial charge in [0.2, 0.25) is 10.0 Å². The minimum atomic E-state index is -4.23. The number of aromatic nitrogens is 1. The third-order valence-electron chi connectivity index (χ3n) is 5.60. The van der Waals surface area contributed by atoms with Crippen molar-refractivity contribution in [3.05, 3.63) is 90.3 Å². The Bertz CT molecular complexity index is 1140. The topological polar surface area (TPSA) is 65.5 Å². The van der Waals surface area contributed by atoms with Crippen LogP contribution in [-0.4, -0.2) is 51.0 Å². The molecule has 3 aromatic rings. The summed E-state index contributed by atoms with van der Waals surface area (Å²) in [5.41, 5.74) is 2.00. The number of para-hydroxylation sites is 1. The molecule has 1 atom stereocenters. The van der Waals surface area contributed by atoms with Crippen LogP contribution in [0.15, 0.2) is 78.0 Å². The first-order valence-corrected chi connectivity index (χ1v) is 11.8. The maximum Gasteiger partial charge on any atom is 0.243 e. The molecule has 1 fully saturated rings. The maximum atomic E-state index is 14.1. The van der Waals surface area contributed by atoms with Crippen molar-refractivity contribution in [1.82, 2.24) is 14.6 Å². The van der Waals surface area contributed by atoms with Crippen molar-refractivity contribution in [2.45, 2.75) is 10.9 Å². The lowest BCUT2D eigenvalue weighted by molar-refractivity contribution is 0.186. The van der Waals surface area contributed by atoms with Gasteiger partial charge in [0, 0.05) is 50.8 Å². The highest BCUT2D eigenvalue weighted by Crippen LogP contribution is 2.24. The number of nitrogens with one attached hydrogen (secondary N) is 1. The molecule has 0 bridgehead atoms. The Morgan fingerprint density at radius 3 is 2.41 bits per heavy atom. The van der Waals surface area contributed by atoms with Gasteiger partial charge in [0.1, 0.15) is 16.5 Å². The van der Waals surface area contributed by atoms with Crippen LogP contribution in [-0.2, 0) is 10.0 Å². The lowest BCUT2D eigenvalue weighted by Gasteiger charge is -2.40. The average molecular weight is 459 g/mol. The number of hydrogen-bond acceptors (Lipinski definition) is 5. The number of benzene rings is 2. The second-order valence-electron chi connectivity index (χ2n) is 7.59. The zero-order valence-electron chi connectivity index (χ0n) is 17.4. The lowest BCUT2D eigenvalue weighted by Crippen LogP contribution is -2.50. The van der Waals surface area contributed by atoms with Crippen molar-refractivity contribution in [3.8, 4) is 0 Å². The normalized spacial score (nSPS) is 16.1. The van der Waals surface area contributed by atoms with Gasteiger partial charge in [-0.3, -0.25) is 9.88 Å². The van der Waals surface area contributed by atoms with Crippen molar-refractivity contribution < 1.29 is 17.2 Å². The molecular formula is C23H24F2N4O2S. The molecular weight excluding hydrogens is 434 g/mol. The van der Waals surface area contributed by atoms with Gasteiger partial charge in [-0.25, -0.2) is 21.9 Å². The van der Waals surface area contributed by atoms with E-state index in [0.717, 1.165) is 36.5 Å². The largest absolute Gasteiger partial charge is 0.369 e. The first-order valence-electron chi connectivity index (χ1n) is 10.3. The fraction of sp³-hybridized carbons (Fsp3) is 0.261. The highest BCUT2D eigenvalue weighted by Gasteiger charge is 2.28. The van der Waals surface area contributed by atoms with Crippen LogP contribution in [0.1, 0.15) is 11.6 Å². The molecule has 0 saturated carbocycles. The van der Waals surface area contributed by atoms with Crippen LogP contribution >= 0.6 is 0 Å². The summed E-state index contributed by atoms with van der Waals surface area (Å²) in [6, 6.07) is 15.9. The number of anilines is 1. The van der Waals surface area contributed by atoms with E-state index in [0.29, 0.717) is 19.2 Å². The molecule has 0 amide bonds. The van der Waals surface area contributed by atoms with E-state index in [1.54, 1.807) is 18.5 Å². The van der Waals surface area contributed by atoms with Gasteiger partial charge in [0.25, 0.3) is 0 Å². The Morgan fingerprint density at radius 2 is 1.72 bits per heavy atom. The van der Waals surface area contributed by atoms with Gasteiger partial charge in [-0.05, 0) is 42.0 Å². The molecule has 0 unspecified atom stereocenters. The third kappa shape index (κ3) is 5.12. The smallest absolute Gasteiger partial charge is 0.243 e. The highest BCUT2D eigenvalue weighted by atomic mass is 32.2. The molecule has 1 aliphatic rings. The molecule has 168 valence electrons. The molecule has 1 aliphatic heterocycles. The molecule has 1 aromatic heterocycles. The highest BCUT2D eigenvalue weighted by molar-refractivity contribution is 7.89. The SMILES string of the molecule is O=S(=O)(NC[C@@H](c1cccnc1)N1CCN(c2ccccc2)CC1)c1cc(F)ccc1F. The summed E-state index contributed by atoms with van der Waals surface area (Å²) in [6.07, 6.45) is 3.35. The van der Waals surface area contributed by atoms with E-state index < -0.39 is 26.6 Å². The van der Waals surface area contributed by atoms with E-state index in [-0.39, 0.29) is 12.6 Å². The Kier molecular flexibility index (Phi) is 6.78. The number of hydrogen-bond donors (Lipinski definition) is 1. The molecule has 0 radical (unpaired) electrons. The van der Waals surface area contributed by atoms with Gasteiger partial charge in [-0.15, -0.1) is 0 Å². The predicted molar refractivity (Wildman–Crippen MR) is 119 cm³/mol. The number of sulfonamides is 1. The lowest BCUT2D eigenvalue weighted by atomic mass is 10.1. The number of piperazine rings is 1. The Balaban J connectivity index is 1.50. The van der Waals surface area contributed by atoms with Crippen LogP contribution in [0, 0.1) is 11.6 Å². The number of halogens is 2. The van der Waals surface area contributed by atoms with Crippen molar-refractivity contribution in [3.63, 3.8) is 0 Å². The first-order chi connectivity index (χ1) is 15.4. The van der Waals surface area contributed by atoms with Crippen LogP contribution in [0.3, 0.4) is 0 Å². The molecule has 4 rings (SSSR count). The molecule has 2 heterocycles. The number of nitrogens with zero attached hydrogens (tertiary/aromatic N) is 3. The molecule has 6 nitrogen and oxygen atoms in total. The van der Waals surface area contributed by atoms with Gasteiger partial charge >= 0.3 is 0 Å². The second-order valence-corrected chi connectivity index (χ2v) is 9.32. The second kappa shape index (κ2) is 9.72. The first kappa shape index (κ1) is 22.3. The summed E-state index contributed by atoms with van der Waals surface area (Å²) in [7, 11) is -4.23. The van der Waals surface area contributed by atoms with E-state index in [4.69, 9.17) is 0 Å². The minimum Gasteiger partial charge on any atom is -0.369 e. The molecule has 32 heavy (non-hydrogen) atoms. The monoisotopic (exact) mass is 458 g/mol. The summed E-state index contributed by atoms with van der Waals surface area (Å²) >= 11 is 0. The number of pyridine rings is 1. The van der Waals surface area contributed by atoms with Crippen LogP contribution in [0.4, 0.5) is 14.5 Å². The molecule has 9 heteroatoms. The van der Waals surface area contributed by atoms with E-state index >= 15 is 0 Å². The molecule has 2 aromatic carbocycles. The summed E-state index contributed by atoms with van der Waals surface area (Å²) < 4.78 is 55.5. The van der Waals surface area contributed by atoms with E-state index in [2.05, 4.69) is 31.6 Å². The zero-order chi connectivity index (χ0) is 22.6. The van der Waals surface area contributed by atoms with Gasteiger partial charge in [-0.2, -0.15) is 0 Å². The van der Waals surface area contributed by atoms with Gasteiger partial charge in [-0.1, -0.05) is 24.3 Å². The van der Waals surface area contributed by atoms with E-state index in [1.807, 2.05) is 24.3 Å². The van der Waals surface area contributed by atoms with E-state index in [9.17, 15) is 17.2 Å². The summed E-state index contributed by atoms with van der Waals surface area (Å²) in [6.45, 7) is 3.00. The van der Waals surface area contributed by atoms with E-state index in [1.165, 1.54) is 0 Å². The van der Waals surface area contributed by atoms with Crippen LogP contribution in [0.5, 0.6) is 0 Å². The molecule has 0 spiro atoms. The molecule has 1 N–H and O–H groups in total. The van der Waals surface area contributed by atoms with Crippen molar-refractivity contribution in [1.29, 1.82) is 0 Å². The van der Waals surface area contributed by atoms with Gasteiger partial charge in [0.15, 0.2) is 0 Å². The van der Waals surface area contributed by atoms with Crippen molar-refractivity contribution in [2.24, 2.45) is 0 Å². The summed E-state index contributed by atoms with van der Waals surface area (Å²) in [5, 5.41) is 0. The third-order valence-corrected chi connectivity index (χ3v) is 7.03. The fourth-order valence-corrected chi connectivity index (χ4v) is 5.04. The minimum absolute atomic E-state index is 0.00924. The van der Waals surface area contributed by atoms with Crippen LogP contribution < -0.4 is 9.62 Å². The Morgan fingerprint density at radius 1 is 0.969 bits per heavy atom. The zero-order valence-corrected chi connectivity index (χ0v) is 18.2. The quantitative estimate of drug-likeness (QED) is 0.589. The Hall–Kier alpha value is -2.88. The fourth-order valence-electron chi connectivity index (χ4n) is 3.91. The van der Waals surface area contributed by atoms with Gasteiger partial charge in [0.05, 0.1) is 6.04 Å². The van der Waals surface area contributed by atoms with Crippen LogP contribution in [0.2, 0.25) is 0 Å². The summed E-state index contributed by atoms with van der Waals surface area (Å²) in [5.74, 6) is -1.80. The standard InChI is InChI=1S/C23H24F2N4O2S/c24-19-8-9-21(25)23(15-19)32(30,31)27-17-22(18-5-4-10-26-16-18)29-13-11-28(12-14-29)20-6-2-1-3-7-20/h1-10,15-16,22,27H,11-14,17H2/t22-/m0/s1. The molecule has 0 aliphatic carbocycles. The molecule has 1 saturated heterocycles. The van der Waals surface area contributed by atoms with Gasteiger partial charge < -0.3 is 4.90 Å². The Labute approximate surface area is 186 Å². The van der Waals surface area contributed by atoms with Crippen LogP contribution in [0.25, 0.3) is 0 Å². The predicted octanol–water partition coefficient (Wildman–Crippen LogP) is 3.20. The average Bonchev–Trinajstić information content (AvgIpc) is 2.82. The number of rotatable bonds is 7. The van der Waals surface area contributed by atoms with Crippen molar-refractivity contribution in [2.75, 3.05) is 37.6 Å². The summed E-state index contributed by atoms with van der Waals surface area (Å²) in [4.78, 5) is 7.93. The van der Waals surface area contributed by atoms with Crippen molar-refractivity contribution >= 4 is 15.7 Å². The maximum absolute atomic E-state index is 14.1.